The molecule has 1 saturated heterocycles. The molecule has 1 aromatic heterocycles. The molecule has 5 nitrogen and oxygen atoms in total. The standard InChI is InChI=1S/C16H19N3O2/c1-16(15(20)21)7-10-18(12-16)11-13-3-5-14(6-4-13)19-9-2-8-17-19/h2-6,8-9H,7,10-12H2,1H3,(H,20,21). The average molecular weight is 285 g/mol. The van der Waals surface area contributed by atoms with Gasteiger partial charge in [0.1, 0.15) is 0 Å². The van der Waals surface area contributed by atoms with Gasteiger partial charge in [-0.05, 0) is 43.7 Å². The number of aliphatic carboxylic acids is 1. The van der Waals surface area contributed by atoms with E-state index in [1.54, 1.807) is 6.20 Å². The molecule has 5 heteroatoms. The predicted molar refractivity (Wildman–Crippen MR) is 79.2 cm³/mol. The van der Waals surface area contributed by atoms with Gasteiger partial charge in [0, 0.05) is 25.5 Å². The van der Waals surface area contributed by atoms with Crippen molar-refractivity contribution >= 4 is 5.97 Å². The van der Waals surface area contributed by atoms with Crippen molar-refractivity contribution in [2.45, 2.75) is 19.9 Å². The molecule has 0 aliphatic carbocycles. The Morgan fingerprint density at radius 3 is 2.71 bits per heavy atom. The number of hydrogen-bond donors (Lipinski definition) is 1. The second kappa shape index (κ2) is 5.33. The lowest BCUT2D eigenvalue weighted by molar-refractivity contribution is -0.147. The van der Waals surface area contributed by atoms with Gasteiger partial charge in [-0.2, -0.15) is 5.10 Å². The van der Waals surface area contributed by atoms with E-state index in [-0.39, 0.29) is 0 Å². The number of carbonyl (C=O) groups is 1. The van der Waals surface area contributed by atoms with Gasteiger partial charge in [0.05, 0.1) is 11.1 Å². The Balaban J connectivity index is 1.65. The van der Waals surface area contributed by atoms with Gasteiger partial charge in [-0.15, -0.1) is 0 Å². The van der Waals surface area contributed by atoms with Gasteiger partial charge in [-0.25, -0.2) is 4.68 Å². The summed E-state index contributed by atoms with van der Waals surface area (Å²) in [4.78, 5) is 13.5. The van der Waals surface area contributed by atoms with E-state index in [0.717, 1.165) is 18.8 Å². The van der Waals surface area contributed by atoms with E-state index in [2.05, 4.69) is 22.1 Å². The van der Waals surface area contributed by atoms with Gasteiger partial charge in [0.15, 0.2) is 0 Å². The minimum Gasteiger partial charge on any atom is -0.481 e. The zero-order valence-corrected chi connectivity index (χ0v) is 12.1. The number of hydrogen-bond acceptors (Lipinski definition) is 3. The van der Waals surface area contributed by atoms with Gasteiger partial charge in [0.25, 0.3) is 0 Å². The van der Waals surface area contributed by atoms with Crippen molar-refractivity contribution in [2.75, 3.05) is 13.1 Å². The molecule has 1 unspecified atom stereocenters. The third-order valence-electron chi connectivity index (χ3n) is 4.18. The van der Waals surface area contributed by atoms with Gasteiger partial charge in [0.2, 0.25) is 0 Å². The number of rotatable bonds is 4. The largest absolute Gasteiger partial charge is 0.481 e. The summed E-state index contributed by atoms with van der Waals surface area (Å²) in [6.45, 7) is 4.07. The molecular weight excluding hydrogens is 266 g/mol. The molecule has 1 fully saturated rings. The molecular formula is C16H19N3O2. The van der Waals surface area contributed by atoms with Crippen molar-refractivity contribution < 1.29 is 9.90 Å². The first kappa shape index (κ1) is 13.8. The van der Waals surface area contributed by atoms with E-state index in [4.69, 9.17) is 0 Å². The van der Waals surface area contributed by atoms with E-state index in [1.165, 1.54) is 5.56 Å². The van der Waals surface area contributed by atoms with Crippen LogP contribution in [0.2, 0.25) is 0 Å². The highest BCUT2D eigenvalue weighted by molar-refractivity contribution is 5.74. The molecule has 0 saturated carbocycles. The van der Waals surface area contributed by atoms with Crippen LogP contribution in [0, 0.1) is 5.41 Å². The molecule has 1 aliphatic heterocycles. The SMILES string of the molecule is CC1(C(=O)O)CCN(Cc2ccc(-n3cccn3)cc2)C1. The first-order valence-electron chi connectivity index (χ1n) is 7.12. The first-order valence-corrected chi connectivity index (χ1v) is 7.12. The summed E-state index contributed by atoms with van der Waals surface area (Å²) < 4.78 is 1.82. The normalized spacial score (nSPS) is 22.5. The molecule has 2 heterocycles. The molecule has 0 spiro atoms. The lowest BCUT2D eigenvalue weighted by Gasteiger charge is -2.20. The van der Waals surface area contributed by atoms with Crippen LogP contribution in [0.3, 0.4) is 0 Å². The summed E-state index contributed by atoms with van der Waals surface area (Å²) >= 11 is 0. The van der Waals surface area contributed by atoms with Crippen molar-refractivity contribution in [2.24, 2.45) is 5.41 Å². The maximum atomic E-state index is 11.3. The summed E-state index contributed by atoms with van der Waals surface area (Å²) in [7, 11) is 0. The molecule has 0 bridgehead atoms. The number of carboxylic acid groups (broad SMARTS) is 1. The maximum absolute atomic E-state index is 11.3. The molecule has 1 N–H and O–H groups in total. The van der Waals surface area contributed by atoms with Crippen LogP contribution in [0.5, 0.6) is 0 Å². The van der Waals surface area contributed by atoms with Gasteiger partial charge in [-0.1, -0.05) is 12.1 Å². The molecule has 3 rings (SSSR count). The Morgan fingerprint density at radius 2 is 2.14 bits per heavy atom. The lowest BCUT2D eigenvalue weighted by atomic mass is 9.90. The monoisotopic (exact) mass is 285 g/mol. The van der Waals surface area contributed by atoms with E-state index in [9.17, 15) is 9.90 Å². The summed E-state index contributed by atoms with van der Waals surface area (Å²) in [5.74, 6) is -0.695. The van der Waals surface area contributed by atoms with E-state index in [1.807, 2.05) is 36.0 Å². The van der Waals surface area contributed by atoms with Crippen molar-refractivity contribution in [3.05, 3.63) is 48.3 Å². The van der Waals surface area contributed by atoms with E-state index >= 15 is 0 Å². The number of benzene rings is 1. The fraction of sp³-hybridized carbons (Fsp3) is 0.375. The highest BCUT2D eigenvalue weighted by atomic mass is 16.4. The molecule has 110 valence electrons. The van der Waals surface area contributed by atoms with Gasteiger partial charge < -0.3 is 5.11 Å². The summed E-state index contributed by atoms with van der Waals surface area (Å²) in [5.41, 5.74) is 1.62. The summed E-state index contributed by atoms with van der Waals surface area (Å²) in [5, 5.41) is 13.5. The lowest BCUT2D eigenvalue weighted by Crippen LogP contribution is -2.31. The topological polar surface area (TPSA) is 58.4 Å². The van der Waals surface area contributed by atoms with Gasteiger partial charge >= 0.3 is 5.97 Å². The Morgan fingerprint density at radius 1 is 1.38 bits per heavy atom. The zero-order chi connectivity index (χ0) is 14.9. The molecule has 21 heavy (non-hydrogen) atoms. The third-order valence-corrected chi connectivity index (χ3v) is 4.18. The minimum atomic E-state index is -0.695. The number of carboxylic acids is 1. The van der Waals surface area contributed by atoms with Crippen LogP contribution in [0.25, 0.3) is 5.69 Å². The van der Waals surface area contributed by atoms with Crippen LogP contribution >= 0.6 is 0 Å². The Kier molecular flexibility index (Phi) is 3.51. The minimum absolute atomic E-state index is 0.602. The van der Waals surface area contributed by atoms with Crippen molar-refractivity contribution in [3.8, 4) is 5.69 Å². The summed E-state index contributed by atoms with van der Waals surface area (Å²) in [6, 6.07) is 10.1. The molecule has 0 radical (unpaired) electrons. The Hall–Kier alpha value is -2.14. The molecule has 1 aliphatic rings. The number of nitrogens with zero attached hydrogens (tertiary/aromatic N) is 3. The van der Waals surface area contributed by atoms with Crippen LogP contribution in [0.4, 0.5) is 0 Å². The molecule has 2 aromatic rings. The fourth-order valence-electron chi connectivity index (χ4n) is 2.80. The first-order chi connectivity index (χ1) is 10.1. The highest BCUT2D eigenvalue weighted by Gasteiger charge is 2.40. The highest BCUT2D eigenvalue weighted by Crippen LogP contribution is 2.31. The quantitative estimate of drug-likeness (QED) is 0.935. The van der Waals surface area contributed by atoms with Crippen molar-refractivity contribution in [1.82, 2.24) is 14.7 Å². The van der Waals surface area contributed by atoms with Crippen molar-refractivity contribution in [3.63, 3.8) is 0 Å². The van der Waals surface area contributed by atoms with Crippen LogP contribution in [-0.2, 0) is 11.3 Å². The second-order valence-corrected chi connectivity index (χ2v) is 5.94. The fourth-order valence-corrected chi connectivity index (χ4v) is 2.80. The van der Waals surface area contributed by atoms with Gasteiger partial charge in [-0.3, -0.25) is 9.69 Å². The smallest absolute Gasteiger partial charge is 0.310 e. The number of likely N-dealkylation sites (tertiary alicyclic amines) is 1. The third kappa shape index (κ3) is 2.83. The average Bonchev–Trinajstić information content (AvgIpc) is 3.11. The van der Waals surface area contributed by atoms with Crippen LogP contribution < -0.4 is 0 Å². The molecule has 1 aromatic carbocycles. The van der Waals surface area contributed by atoms with E-state index in [0.29, 0.717) is 13.0 Å². The Labute approximate surface area is 123 Å². The van der Waals surface area contributed by atoms with Crippen LogP contribution in [0.15, 0.2) is 42.7 Å². The summed E-state index contributed by atoms with van der Waals surface area (Å²) in [6.07, 6.45) is 4.38. The molecule has 0 amide bonds. The number of aromatic nitrogens is 2. The Bertz CT molecular complexity index is 621. The van der Waals surface area contributed by atoms with Crippen molar-refractivity contribution in [1.29, 1.82) is 0 Å². The zero-order valence-electron chi connectivity index (χ0n) is 12.1. The van der Waals surface area contributed by atoms with Crippen LogP contribution in [-0.4, -0.2) is 38.8 Å². The van der Waals surface area contributed by atoms with E-state index < -0.39 is 11.4 Å². The predicted octanol–water partition coefficient (Wildman–Crippen LogP) is 2.17. The second-order valence-electron chi connectivity index (χ2n) is 5.94. The maximum Gasteiger partial charge on any atom is 0.310 e. The molecule has 1 atom stereocenters. The van der Waals surface area contributed by atoms with Crippen LogP contribution in [0.1, 0.15) is 18.9 Å².